The third-order valence-electron chi connectivity index (χ3n) is 4.91. The predicted octanol–water partition coefficient (Wildman–Crippen LogP) is 2.98. The molecule has 144 valence electrons. The lowest BCUT2D eigenvalue weighted by Gasteiger charge is -2.22. The van der Waals surface area contributed by atoms with Gasteiger partial charge in [0.2, 0.25) is 10.0 Å². The number of benzene rings is 1. The molecule has 0 aromatic heterocycles. The molecule has 1 fully saturated rings. The van der Waals surface area contributed by atoms with Gasteiger partial charge in [-0.3, -0.25) is 4.90 Å². The van der Waals surface area contributed by atoms with Crippen molar-refractivity contribution in [1.82, 2.24) is 9.62 Å². The van der Waals surface area contributed by atoms with E-state index in [0.717, 1.165) is 30.6 Å². The third-order valence-corrected chi connectivity index (χ3v) is 6.57. The summed E-state index contributed by atoms with van der Waals surface area (Å²) in [6, 6.07) is 4.92. The first-order chi connectivity index (χ1) is 12.2. The van der Waals surface area contributed by atoms with Crippen molar-refractivity contribution >= 4 is 16.1 Å². The topological polar surface area (TPSA) is 58.6 Å². The number of nitrogens with zero attached hydrogens (tertiary/aromatic N) is 1. The summed E-state index contributed by atoms with van der Waals surface area (Å²) in [7, 11) is -3.55. The predicted molar refractivity (Wildman–Crippen MR) is 96.5 cm³/mol. The molecule has 1 aliphatic heterocycles. The second-order valence-electron chi connectivity index (χ2n) is 7.05. The molecule has 2 aliphatic rings. The number of nitrogens with one attached hydrogen (secondary N) is 1. The molecule has 1 aromatic rings. The van der Waals surface area contributed by atoms with Crippen LogP contribution in [0.1, 0.15) is 37.8 Å². The summed E-state index contributed by atoms with van der Waals surface area (Å²) in [6.45, 7) is 2.94. The van der Waals surface area contributed by atoms with Crippen LogP contribution in [0, 0.1) is 0 Å². The molecule has 1 heterocycles. The third kappa shape index (κ3) is 4.42. The fourth-order valence-corrected chi connectivity index (χ4v) is 4.91. The number of sulfonamides is 1. The molecular formula is C18H24F2N2O3S. The van der Waals surface area contributed by atoms with Gasteiger partial charge in [0, 0.05) is 25.2 Å². The van der Waals surface area contributed by atoms with Gasteiger partial charge in [0.25, 0.3) is 0 Å². The summed E-state index contributed by atoms with van der Waals surface area (Å²) >= 11 is 0. The maximum atomic E-state index is 12.7. The molecule has 1 N–H and O–H groups in total. The van der Waals surface area contributed by atoms with Gasteiger partial charge in [-0.25, -0.2) is 13.1 Å². The smallest absolute Gasteiger partial charge is 0.387 e. The number of ether oxygens (including phenoxy) is 1. The minimum atomic E-state index is -3.55. The highest BCUT2D eigenvalue weighted by molar-refractivity contribution is 7.93. The Kier molecular flexibility index (Phi) is 5.64. The van der Waals surface area contributed by atoms with Crippen molar-refractivity contribution in [2.45, 2.75) is 51.8 Å². The Bertz CT molecular complexity index is 794. The van der Waals surface area contributed by atoms with Crippen molar-refractivity contribution in [2.75, 3.05) is 13.1 Å². The Balaban J connectivity index is 1.72. The van der Waals surface area contributed by atoms with Crippen LogP contribution in [-0.4, -0.2) is 45.1 Å². The zero-order valence-electron chi connectivity index (χ0n) is 14.9. The maximum Gasteiger partial charge on any atom is 0.387 e. The highest BCUT2D eigenvalue weighted by Crippen LogP contribution is 2.30. The monoisotopic (exact) mass is 386 g/mol. The minimum absolute atomic E-state index is 0.0773. The molecule has 0 radical (unpaired) electrons. The van der Waals surface area contributed by atoms with Crippen molar-refractivity contribution in [3.8, 4) is 5.75 Å². The number of halogens is 2. The second kappa shape index (κ2) is 7.62. The molecule has 3 rings (SSSR count). The molecule has 26 heavy (non-hydrogen) atoms. The fraction of sp³-hybridized carbons (Fsp3) is 0.556. The molecule has 0 bridgehead atoms. The van der Waals surface area contributed by atoms with Crippen molar-refractivity contribution in [3.05, 3.63) is 34.2 Å². The highest BCUT2D eigenvalue weighted by Gasteiger charge is 2.30. The van der Waals surface area contributed by atoms with Gasteiger partial charge in [-0.05, 0) is 62.4 Å². The molecule has 1 aliphatic carbocycles. The van der Waals surface area contributed by atoms with Crippen molar-refractivity contribution in [1.29, 1.82) is 0 Å². The quantitative estimate of drug-likeness (QED) is 0.817. The summed E-state index contributed by atoms with van der Waals surface area (Å²) in [4.78, 5) is 2.60. The van der Waals surface area contributed by atoms with E-state index in [-0.39, 0.29) is 11.8 Å². The summed E-state index contributed by atoms with van der Waals surface area (Å²) < 4.78 is 57.3. The molecule has 8 heteroatoms. The SMILES string of the molecule is CC(C)N1CCC(NS(=O)(=O)C2=Cc3ccc(OC(F)F)cc3CC2)C1. The number of aryl methyl sites for hydroxylation is 1. The Morgan fingerprint density at radius 3 is 2.69 bits per heavy atom. The average molecular weight is 386 g/mol. The average Bonchev–Trinajstić information content (AvgIpc) is 3.01. The van der Waals surface area contributed by atoms with E-state index < -0.39 is 16.6 Å². The van der Waals surface area contributed by atoms with Gasteiger partial charge in [-0.2, -0.15) is 8.78 Å². The van der Waals surface area contributed by atoms with Crippen LogP contribution in [0.2, 0.25) is 0 Å². The minimum Gasteiger partial charge on any atom is -0.435 e. The van der Waals surface area contributed by atoms with Crippen LogP contribution in [-0.2, 0) is 16.4 Å². The van der Waals surface area contributed by atoms with E-state index in [9.17, 15) is 17.2 Å². The summed E-state index contributed by atoms with van der Waals surface area (Å²) in [5.74, 6) is 0.0938. The van der Waals surface area contributed by atoms with Crippen LogP contribution in [0.15, 0.2) is 23.1 Å². The van der Waals surface area contributed by atoms with E-state index in [0.29, 0.717) is 23.8 Å². The van der Waals surface area contributed by atoms with E-state index in [2.05, 4.69) is 28.2 Å². The fourth-order valence-electron chi connectivity index (χ4n) is 3.48. The highest BCUT2D eigenvalue weighted by atomic mass is 32.2. The lowest BCUT2D eigenvalue weighted by atomic mass is 9.97. The summed E-state index contributed by atoms with van der Waals surface area (Å²) in [5, 5.41) is 0. The molecule has 0 saturated carbocycles. The number of likely N-dealkylation sites (tertiary alicyclic amines) is 1. The normalized spacial score (nSPS) is 21.2. The van der Waals surface area contributed by atoms with Crippen LogP contribution in [0.25, 0.3) is 6.08 Å². The van der Waals surface area contributed by atoms with Crippen LogP contribution in [0.3, 0.4) is 0 Å². The van der Waals surface area contributed by atoms with Crippen LogP contribution in [0.4, 0.5) is 8.78 Å². The number of rotatable bonds is 6. The lowest BCUT2D eigenvalue weighted by Crippen LogP contribution is -2.39. The van der Waals surface area contributed by atoms with Gasteiger partial charge in [0.15, 0.2) is 0 Å². The second-order valence-corrected chi connectivity index (χ2v) is 8.81. The number of hydrogen-bond acceptors (Lipinski definition) is 4. The lowest BCUT2D eigenvalue weighted by molar-refractivity contribution is -0.0498. The van der Waals surface area contributed by atoms with Gasteiger partial charge in [-0.15, -0.1) is 0 Å². The summed E-state index contributed by atoms with van der Waals surface area (Å²) in [6.07, 6.45) is 3.25. The molecule has 0 amide bonds. The number of hydrogen-bond donors (Lipinski definition) is 1. The van der Waals surface area contributed by atoms with E-state index in [1.54, 1.807) is 18.2 Å². The van der Waals surface area contributed by atoms with Gasteiger partial charge in [-0.1, -0.05) is 6.07 Å². The molecule has 5 nitrogen and oxygen atoms in total. The molecule has 0 spiro atoms. The van der Waals surface area contributed by atoms with Crippen molar-refractivity contribution < 1.29 is 21.9 Å². The first-order valence-corrected chi connectivity index (χ1v) is 10.3. The van der Waals surface area contributed by atoms with Crippen molar-refractivity contribution in [3.63, 3.8) is 0 Å². The van der Waals surface area contributed by atoms with Gasteiger partial charge in [0.05, 0.1) is 4.91 Å². The number of allylic oxidation sites excluding steroid dienone is 1. The van der Waals surface area contributed by atoms with E-state index in [4.69, 9.17) is 0 Å². The van der Waals surface area contributed by atoms with Crippen LogP contribution in [0.5, 0.6) is 5.75 Å². The molecular weight excluding hydrogens is 362 g/mol. The Morgan fingerprint density at radius 2 is 2.04 bits per heavy atom. The molecule has 1 atom stereocenters. The van der Waals surface area contributed by atoms with Gasteiger partial charge >= 0.3 is 6.61 Å². The van der Waals surface area contributed by atoms with E-state index in [1.807, 2.05) is 0 Å². The Morgan fingerprint density at radius 1 is 1.27 bits per heavy atom. The van der Waals surface area contributed by atoms with Crippen molar-refractivity contribution in [2.24, 2.45) is 0 Å². The van der Waals surface area contributed by atoms with Crippen LogP contribution >= 0.6 is 0 Å². The molecule has 1 unspecified atom stereocenters. The van der Waals surface area contributed by atoms with Crippen LogP contribution < -0.4 is 9.46 Å². The zero-order chi connectivity index (χ0) is 18.9. The van der Waals surface area contributed by atoms with E-state index >= 15 is 0 Å². The summed E-state index contributed by atoms with van der Waals surface area (Å²) in [5.41, 5.74) is 1.54. The maximum absolute atomic E-state index is 12.7. The zero-order valence-corrected chi connectivity index (χ0v) is 15.7. The largest absolute Gasteiger partial charge is 0.435 e. The Hall–Kier alpha value is -1.51. The number of alkyl halides is 2. The first kappa shape index (κ1) is 19.3. The van der Waals surface area contributed by atoms with Gasteiger partial charge < -0.3 is 4.74 Å². The molecule has 1 aromatic carbocycles. The Labute approximate surface area is 153 Å². The standard InChI is InChI=1S/C18H24F2N2O3S/c1-12(2)22-8-7-15(11-22)21-26(23,24)17-6-4-13-9-16(25-18(19)20)5-3-14(13)10-17/h3,5,9-10,12,15,18,21H,4,6-8,11H2,1-2H3. The van der Waals surface area contributed by atoms with E-state index in [1.165, 1.54) is 6.07 Å². The molecule has 1 saturated heterocycles. The number of fused-ring (bicyclic) bond motifs is 1. The first-order valence-electron chi connectivity index (χ1n) is 8.79. The van der Waals surface area contributed by atoms with Gasteiger partial charge in [0.1, 0.15) is 5.75 Å².